The van der Waals surface area contributed by atoms with Crippen LogP contribution in [0.3, 0.4) is 0 Å². The normalized spacial score (nSPS) is 10.2. The van der Waals surface area contributed by atoms with Gasteiger partial charge in [-0.1, -0.05) is 11.6 Å². The topological polar surface area (TPSA) is 76.0 Å². The summed E-state index contributed by atoms with van der Waals surface area (Å²) in [6.45, 7) is 2.52. The molecule has 0 spiro atoms. The van der Waals surface area contributed by atoms with Crippen molar-refractivity contribution in [1.29, 1.82) is 0 Å². The van der Waals surface area contributed by atoms with Crippen molar-refractivity contribution in [1.82, 2.24) is 9.78 Å². The van der Waals surface area contributed by atoms with E-state index in [2.05, 4.69) is 15.7 Å². The highest BCUT2D eigenvalue weighted by Crippen LogP contribution is 2.18. The monoisotopic (exact) mass is 310 g/mol. The van der Waals surface area contributed by atoms with Crippen LogP contribution < -0.4 is 10.6 Å². The number of nitrogens with one attached hydrogen (secondary N) is 2. The molecule has 1 aromatic heterocycles. The molecule has 110 valence electrons. The van der Waals surface area contributed by atoms with Crippen LogP contribution >= 0.6 is 11.6 Å². The molecule has 0 saturated carbocycles. The van der Waals surface area contributed by atoms with Gasteiger partial charge in [0.05, 0.1) is 17.6 Å². The summed E-state index contributed by atoms with van der Waals surface area (Å²) < 4.78 is 15.1. The maximum atomic E-state index is 13.5. The Morgan fingerprint density at radius 2 is 2.05 bits per heavy atom. The summed E-state index contributed by atoms with van der Waals surface area (Å²) in [5.41, 5.74) is 0.261. The molecule has 0 unspecified atom stereocenters. The SMILES string of the molecule is CCn1cc(NC(=O)C(=O)Nc2ccc(Cl)cc2F)cn1. The Bertz CT molecular complexity index is 687. The highest BCUT2D eigenvalue weighted by molar-refractivity contribution is 6.43. The quantitative estimate of drug-likeness (QED) is 0.854. The summed E-state index contributed by atoms with van der Waals surface area (Å²) in [7, 11) is 0. The predicted octanol–water partition coefficient (Wildman–Crippen LogP) is 2.27. The van der Waals surface area contributed by atoms with Crippen LogP contribution in [0.1, 0.15) is 6.92 Å². The molecule has 0 aliphatic heterocycles. The number of benzene rings is 1. The van der Waals surface area contributed by atoms with E-state index in [1.165, 1.54) is 18.3 Å². The zero-order valence-electron chi connectivity index (χ0n) is 11.1. The molecule has 21 heavy (non-hydrogen) atoms. The third kappa shape index (κ3) is 3.79. The first-order valence-corrected chi connectivity index (χ1v) is 6.47. The second-order valence-corrected chi connectivity index (χ2v) is 4.55. The number of carbonyl (C=O) groups excluding carboxylic acids is 2. The highest BCUT2D eigenvalue weighted by Gasteiger charge is 2.16. The fourth-order valence-corrected chi connectivity index (χ4v) is 1.72. The van der Waals surface area contributed by atoms with E-state index in [0.717, 1.165) is 6.07 Å². The molecule has 0 fully saturated rings. The van der Waals surface area contributed by atoms with E-state index < -0.39 is 17.6 Å². The number of carbonyl (C=O) groups is 2. The molecule has 0 radical (unpaired) electrons. The van der Waals surface area contributed by atoms with Crippen molar-refractivity contribution in [2.75, 3.05) is 10.6 Å². The molecule has 2 N–H and O–H groups in total. The second-order valence-electron chi connectivity index (χ2n) is 4.12. The first-order chi connectivity index (χ1) is 9.99. The molecule has 8 heteroatoms. The number of aromatic nitrogens is 2. The van der Waals surface area contributed by atoms with Gasteiger partial charge in [0.15, 0.2) is 0 Å². The zero-order valence-corrected chi connectivity index (χ0v) is 11.8. The van der Waals surface area contributed by atoms with Gasteiger partial charge in [-0.3, -0.25) is 14.3 Å². The summed E-state index contributed by atoms with van der Waals surface area (Å²) in [5, 5.41) is 8.68. The molecule has 0 atom stereocenters. The van der Waals surface area contributed by atoms with E-state index in [1.807, 2.05) is 6.92 Å². The van der Waals surface area contributed by atoms with Crippen LogP contribution in [-0.2, 0) is 16.1 Å². The van der Waals surface area contributed by atoms with Crippen molar-refractivity contribution in [2.45, 2.75) is 13.5 Å². The lowest BCUT2D eigenvalue weighted by molar-refractivity contribution is -0.133. The fourth-order valence-electron chi connectivity index (χ4n) is 1.56. The Balaban J connectivity index is 2.00. The maximum absolute atomic E-state index is 13.5. The van der Waals surface area contributed by atoms with Crippen LogP contribution in [0, 0.1) is 5.82 Å². The van der Waals surface area contributed by atoms with Crippen molar-refractivity contribution in [3.05, 3.63) is 41.4 Å². The standard InChI is InChI=1S/C13H12ClFN4O2/c1-2-19-7-9(6-16-19)17-12(20)13(21)18-11-4-3-8(14)5-10(11)15/h3-7H,2H2,1H3,(H,17,20)(H,18,21). The molecule has 2 rings (SSSR count). The minimum atomic E-state index is -0.986. The average Bonchev–Trinajstić information content (AvgIpc) is 2.89. The molecule has 2 amide bonds. The molecule has 0 bridgehead atoms. The van der Waals surface area contributed by atoms with Crippen molar-refractivity contribution in [3.8, 4) is 0 Å². The lowest BCUT2D eigenvalue weighted by Crippen LogP contribution is -2.29. The first-order valence-electron chi connectivity index (χ1n) is 6.09. The lowest BCUT2D eigenvalue weighted by Gasteiger charge is -2.06. The summed E-state index contributed by atoms with van der Waals surface area (Å²) in [6, 6.07) is 3.72. The molecular weight excluding hydrogens is 299 g/mol. The third-order valence-corrected chi connectivity index (χ3v) is 2.84. The lowest BCUT2D eigenvalue weighted by atomic mass is 10.3. The number of halogens is 2. The number of nitrogens with zero attached hydrogens (tertiary/aromatic N) is 2. The van der Waals surface area contributed by atoms with Gasteiger partial charge in [-0.15, -0.1) is 0 Å². The number of hydrogen-bond acceptors (Lipinski definition) is 3. The van der Waals surface area contributed by atoms with Crippen molar-refractivity contribution < 1.29 is 14.0 Å². The minimum absolute atomic E-state index is 0.121. The zero-order chi connectivity index (χ0) is 15.4. The van der Waals surface area contributed by atoms with E-state index in [-0.39, 0.29) is 10.7 Å². The number of rotatable bonds is 3. The average molecular weight is 311 g/mol. The number of aryl methyl sites for hydroxylation is 1. The molecular formula is C13H12ClFN4O2. The molecule has 2 aromatic rings. The molecule has 0 aliphatic rings. The second kappa shape index (κ2) is 6.36. The van der Waals surface area contributed by atoms with E-state index in [9.17, 15) is 14.0 Å². The van der Waals surface area contributed by atoms with Crippen molar-refractivity contribution in [2.24, 2.45) is 0 Å². The van der Waals surface area contributed by atoms with Crippen LogP contribution in [0.2, 0.25) is 5.02 Å². The van der Waals surface area contributed by atoms with Crippen molar-refractivity contribution >= 4 is 34.8 Å². The Hall–Kier alpha value is -2.41. The third-order valence-electron chi connectivity index (χ3n) is 2.60. The summed E-state index contributed by atoms with van der Waals surface area (Å²) >= 11 is 5.60. The van der Waals surface area contributed by atoms with Gasteiger partial charge in [-0.05, 0) is 25.1 Å². The van der Waals surface area contributed by atoms with E-state index in [4.69, 9.17) is 11.6 Å². The summed E-state index contributed by atoms with van der Waals surface area (Å²) in [6.07, 6.45) is 2.99. The van der Waals surface area contributed by atoms with Gasteiger partial charge in [-0.25, -0.2) is 4.39 Å². The smallest absolute Gasteiger partial charge is 0.314 e. The Morgan fingerprint density at radius 1 is 1.33 bits per heavy atom. The maximum Gasteiger partial charge on any atom is 0.314 e. The number of anilines is 2. The van der Waals surface area contributed by atoms with Crippen LogP contribution in [0.25, 0.3) is 0 Å². The Morgan fingerprint density at radius 3 is 2.67 bits per heavy atom. The number of amides is 2. The van der Waals surface area contributed by atoms with Gasteiger partial charge in [-0.2, -0.15) is 5.10 Å². The van der Waals surface area contributed by atoms with Crippen LogP contribution in [0.15, 0.2) is 30.6 Å². The van der Waals surface area contributed by atoms with Gasteiger partial charge in [0.1, 0.15) is 5.82 Å². The fraction of sp³-hybridized carbons (Fsp3) is 0.154. The van der Waals surface area contributed by atoms with Gasteiger partial charge in [0, 0.05) is 17.8 Å². The van der Waals surface area contributed by atoms with E-state index in [0.29, 0.717) is 12.2 Å². The molecule has 6 nitrogen and oxygen atoms in total. The largest absolute Gasteiger partial charge is 0.315 e. The van der Waals surface area contributed by atoms with Crippen LogP contribution in [0.4, 0.5) is 15.8 Å². The molecule has 0 saturated heterocycles. The van der Waals surface area contributed by atoms with Crippen LogP contribution in [0.5, 0.6) is 0 Å². The van der Waals surface area contributed by atoms with Crippen molar-refractivity contribution in [3.63, 3.8) is 0 Å². The molecule has 0 aliphatic carbocycles. The molecule has 1 aromatic carbocycles. The van der Waals surface area contributed by atoms with Gasteiger partial charge in [0.25, 0.3) is 0 Å². The summed E-state index contributed by atoms with van der Waals surface area (Å²) in [4.78, 5) is 23.4. The van der Waals surface area contributed by atoms with E-state index >= 15 is 0 Å². The number of hydrogen-bond donors (Lipinski definition) is 2. The Kier molecular flexibility index (Phi) is 4.54. The van der Waals surface area contributed by atoms with Gasteiger partial charge < -0.3 is 10.6 Å². The molecule has 1 heterocycles. The minimum Gasteiger partial charge on any atom is -0.315 e. The van der Waals surface area contributed by atoms with E-state index in [1.54, 1.807) is 10.9 Å². The summed E-state index contributed by atoms with van der Waals surface area (Å²) in [5.74, 6) is -2.62. The predicted molar refractivity (Wildman–Crippen MR) is 76.6 cm³/mol. The Labute approximate surface area is 124 Å². The van der Waals surface area contributed by atoms with Gasteiger partial charge in [0.2, 0.25) is 0 Å². The highest BCUT2D eigenvalue weighted by atomic mass is 35.5. The van der Waals surface area contributed by atoms with Crippen LogP contribution in [-0.4, -0.2) is 21.6 Å². The van der Waals surface area contributed by atoms with Gasteiger partial charge >= 0.3 is 11.8 Å². The first kappa shape index (κ1) is 15.0.